The molecule has 2 atom stereocenters. The number of benzene rings is 1. The van der Waals surface area contributed by atoms with Gasteiger partial charge in [-0.05, 0) is 57.0 Å². The lowest BCUT2D eigenvalue weighted by Crippen LogP contribution is -2.49. The molecule has 1 amide bonds. The zero-order valence-electron chi connectivity index (χ0n) is 14.7. The monoisotopic (exact) mass is 436 g/mol. The normalized spacial score (nSPS) is 23.3. The smallest absolute Gasteiger partial charge is 0.423 e. The maximum Gasteiger partial charge on any atom is 0.423 e. The maximum atomic E-state index is 12.0. The van der Waals surface area contributed by atoms with Gasteiger partial charge in [-0.1, -0.05) is 29.6 Å². The van der Waals surface area contributed by atoms with Crippen LogP contribution in [-0.4, -0.2) is 45.1 Å². The number of nitrogens with one attached hydrogen (secondary N) is 1. The standard InChI is InChI=1S/C17H22Cl2N2O5S/c18-13-6-7-16(14(19)10-13)26-27(23,24)20-17(22)25-11-12-4-3-9-21-8-2-1-5-15(12)21/h6-7,10,12,15H,1-5,8-9,11H2,(H,20,22). The minimum absolute atomic E-state index is 0.0147. The van der Waals surface area contributed by atoms with Crippen molar-refractivity contribution in [3.8, 4) is 5.75 Å². The number of hydrogen-bond donors (Lipinski definition) is 1. The van der Waals surface area contributed by atoms with Crippen LogP contribution < -0.4 is 8.91 Å². The molecule has 150 valence electrons. The summed E-state index contributed by atoms with van der Waals surface area (Å²) in [6, 6.07) is 4.47. The summed E-state index contributed by atoms with van der Waals surface area (Å²) in [5.74, 6) is 0.0885. The van der Waals surface area contributed by atoms with Gasteiger partial charge >= 0.3 is 16.4 Å². The quantitative estimate of drug-likeness (QED) is 0.758. The number of fused-ring (bicyclic) bond motifs is 1. The van der Waals surface area contributed by atoms with Crippen molar-refractivity contribution in [1.29, 1.82) is 0 Å². The number of carbonyl (C=O) groups is 1. The third-order valence-electron chi connectivity index (χ3n) is 4.96. The van der Waals surface area contributed by atoms with E-state index in [0.29, 0.717) is 11.1 Å². The Morgan fingerprint density at radius 3 is 2.74 bits per heavy atom. The van der Waals surface area contributed by atoms with Gasteiger partial charge in [-0.3, -0.25) is 4.90 Å². The highest BCUT2D eigenvalue weighted by molar-refractivity contribution is 7.85. The number of rotatable bonds is 5. The highest BCUT2D eigenvalue weighted by Crippen LogP contribution is 2.31. The number of carbonyl (C=O) groups excluding carboxylic acids is 1. The summed E-state index contributed by atoms with van der Waals surface area (Å²) in [5, 5.41) is 0.349. The summed E-state index contributed by atoms with van der Waals surface area (Å²) in [6.45, 7) is 2.35. The minimum atomic E-state index is -4.41. The SMILES string of the molecule is O=C(NS(=O)(=O)Oc1ccc(Cl)cc1Cl)OCC1CCCN2CCCCC12. The van der Waals surface area contributed by atoms with Crippen LogP contribution in [0.15, 0.2) is 18.2 Å². The highest BCUT2D eigenvalue weighted by Gasteiger charge is 2.34. The van der Waals surface area contributed by atoms with Crippen molar-refractivity contribution in [3.63, 3.8) is 0 Å². The van der Waals surface area contributed by atoms with E-state index in [0.717, 1.165) is 32.4 Å². The topological polar surface area (TPSA) is 84.9 Å². The number of hydrogen-bond acceptors (Lipinski definition) is 6. The molecule has 2 saturated heterocycles. The zero-order chi connectivity index (χ0) is 19.4. The average Bonchev–Trinajstić information content (AvgIpc) is 2.62. The molecule has 3 rings (SSSR count). The van der Waals surface area contributed by atoms with Gasteiger partial charge in [0, 0.05) is 17.0 Å². The molecule has 0 saturated carbocycles. The zero-order valence-corrected chi connectivity index (χ0v) is 17.0. The molecule has 1 N–H and O–H groups in total. The van der Waals surface area contributed by atoms with Crippen molar-refractivity contribution in [3.05, 3.63) is 28.2 Å². The van der Waals surface area contributed by atoms with Crippen LogP contribution in [0.4, 0.5) is 4.79 Å². The van der Waals surface area contributed by atoms with Crippen molar-refractivity contribution in [1.82, 2.24) is 9.62 Å². The molecule has 1 aromatic carbocycles. The molecule has 2 unspecified atom stereocenters. The fraction of sp³-hybridized carbons (Fsp3) is 0.588. The number of halogens is 2. The van der Waals surface area contributed by atoms with Gasteiger partial charge in [-0.2, -0.15) is 13.1 Å². The van der Waals surface area contributed by atoms with E-state index in [1.807, 2.05) is 0 Å². The molecule has 0 aromatic heterocycles. The van der Waals surface area contributed by atoms with E-state index in [9.17, 15) is 13.2 Å². The Kier molecular flexibility index (Phi) is 6.73. The molecule has 0 bridgehead atoms. The maximum absolute atomic E-state index is 12.0. The van der Waals surface area contributed by atoms with Crippen molar-refractivity contribution < 1.29 is 22.1 Å². The predicted octanol–water partition coefficient (Wildman–Crippen LogP) is 3.61. The van der Waals surface area contributed by atoms with Gasteiger partial charge in [-0.15, -0.1) is 0 Å². The van der Waals surface area contributed by atoms with Crippen molar-refractivity contribution in [2.45, 2.75) is 38.1 Å². The molecular weight excluding hydrogens is 415 g/mol. The first-order valence-corrected chi connectivity index (χ1v) is 11.1. The van der Waals surface area contributed by atoms with E-state index in [2.05, 4.69) is 4.90 Å². The van der Waals surface area contributed by atoms with Crippen LogP contribution in [0, 0.1) is 5.92 Å². The van der Waals surface area contributed by atoms with E-state index in [1.54, 1.807) is 4.72 Å². The molecule has 1 aromatic rings. The van der Waals surface area contributed by atoms with Crippen LogP contribution in [0.25, 0.3) is 0 Å². The molecule has 10 heteroatoms. The molecule has 0 radical (unpaired) electrons. The second-order valence-electron chi connectivity index (χ2n) is 6.81. The molecule has 0 aliphatic carbocycles. The Bertz CT molecular complexity index is 788. The predicted molar refractivity (Wildman–Crippen MR) is 102 cm³/mol. The van der Waals surface area contributed by atoms with E-state index in [1.165, 1.54) is 31.0 Å². The highest BCUT2D eigenvalue weighted by atomic mass is 35.5. The lowest BCUT2D eigenvalue weighted by Gasteiger charge is -2.44. The largest absolute Gasteiger partial charge is 0.448 e. The summed E-state index contributed by atoms with van der Waals surface area (Å²) >= 11 is 11.6. The Labute approximate surface area is 169 Å². The lowest BCUT2D eigenvalue weighted by molar-refractivity contribution is 0.0244. The van der Waals surface area contributed by atoms with Crippen molar-refractivity contribution >= 4 is 39.6 Å². The van der Waals surface area contributed by atoms with Gasteiger partial charge < -0.3 is 8.92 Å². The van der Waals surface area contributed by atoms with Crippen LogP contribution in [-0.2, 0) is 15.0 Å². The lowest BCUT2D eigenvalue weighted by atomic mass is 9.84. The van der Waals surface area contributed by atoms with Crippen LogP contribution >= 0.6 is 23.2 Å². The van der Waals surface area contributed by atoms with Gasteiger partial charge in [0.1, 0.15) is 0 Å². The third-order valence-corrected chi connectivity index (χ3v) is 6.30. The first-order chi connectivity index (χ1) is 12.8. The van der Waals surface area contributed by atoms with Gasteiger partial charge in [-0.25, -0.2) is 4.79 Å². The third kappa shape index (κ3) is 5.63. The molecule has 2 fully saturated rings. The number of nitrogens with zero attached hydrogens (tertiary/aromatic N) is 1. The first kappa shape index (κ1) is 20.5. The van der Waals surface area contributed by atoms with E-state index < -0.39 is 16.4 Å². The van der Waals surface area contributed by atoms with Crippen LogP contribution in [0.2, 0.25) is 10.0 Å². The van der Waals surface area contributed by atoms with Crippen molar-refractivity contribution in [2.24, 2.45) is 5.92 Å². The minimum Gasteiger partial charge on any atom is -0.448 e. The van der Waals surface area contributed by atoms with Gasteiger partial charge in [0.15, 0.2) is 5.75 Å². The number of piperidine rings is 2. The number of amides is 1. The molecular formula is C17H22Cl2N2O5S. The van der Waals surface area contributed by atoms with Gasteiger partial charge in [0.05, 0.1) is 11.6 Å². The van der Waals surface area contributed by atoms with E-state index in [4.69, 9.17) is 32.1 Å². The van der Waals surface area contributed by atoms with Crippen LogP contribution in [0.3, 0.4) is 0 Å². The van der Waals surface area contributed by atoms with Crippen LogP contribution in [0.5, 0.6) is 5.75 Å². The Balaban J connectivity index is 1.52. The van der Waals surface area contributed by atoms with E-state index in [-0.39, 0.29) is 23.3 Å². The number of ether oxygens (including phenoxy) is 1. The van der Waals surface area contributed by atoms with E-state index >= 15 is 0 Å². The first-order valence-electron chi connectivity index (χ1n) is 8.92. The fourth-order valence-corrected chi connectivity index (χ4v) is 4.95. The van der Waals surface area contributed by atoms with Gasteiger partial charge in [0.2, 0.25) is 0 Å². The summed E-state index contributed by atoms with van der Waals surface area (Å²) in [7, 11) is -4.41. The molecule has 2 heterocycles. The molecule has 2 aliphatic rings. The molecule has 2 aliphatic heterocycles. The summed E-state index contributed by atoms with van der Waals surface area (Å²) in [5.41, 5.74) is 0. The van der Waals surface area contributed by atoms with Gasteiger partial charge in [0.25, 0.3) is 0 Å². The molecule has 27 heavy (non-hydrogen) atoms. The Hall–Kier alpha value is -1.22. The molecule has 0 spiro atoms. The summed E-state index contributed by atoms with van der Waals surface area (Å²) in [6.07, 6.45) is 4.43. The average molecular weight is 437 g/mol. The molecule has 7 nitrogen and oxygen atoms in total. The Morgan fingerprint density at radius 2 is 1.96 bits per heavy atom. The van der Waals surface area contributed by atoms with Crippen LogP contribution in [0.1, 0.15) is 32.1 Å². The second-order valence-corrected chi connectivity index (χ2v) is 8.94. The summed E-state index contributed by atoms with van der Waals surface area (Å²) < 4.78 is 35.7. The fourth-order valence-electron chi connectivity index (χ4n) is 3.77. The second kappa shape index (κ2) is 8.86. The Morgan fingerprint density at radius 1 is 1.19 bits per heavy atom. The summed E-state index contributed by atoms with van der Waals surface area (Å²) in [4.78, 5) is 14.4. The van der Waals surface area contributed by atoms with Crippen molar-refractivity contribution in [2.75, 3.05) is 19.7 Å².